The van der Waals surface area contributed by atoms with E-state index in [1.54, 1.807) is 33.7 Å². The van der Waals surface area contributed by atoms with Crippen LogP contribution in [0.4, 0.5) is 0 Å². The molecule has 4 heterocycles. The molecule has 0 radical (unpaired) electrons. The number of pyridine rings is 1. The normalized spacial score (nSPS) is 15.6. The molecule has 1 fully saturated rings. The number of hydrogen-bond acceptors (Lipinski definition) is 6. The molecule has 9 heteroatoms. The zero-order chi connectivity index (χ0) is 20.4. The topological polar surface area (TPSA) is 79.4 Å². The van der Waals surface area contributed by atoms with Crippen LogP contribution in [0.25, 0.3) is 10.6 Å². The van der Waals surface area contributed by atoms with Crippen LogP contribution in [0.5, 0.6) is 0 Å². The summed E-state index contributed by atoms with van der Waals surface area (Å²) in [5.74, 6) is -0.0488. The Morgan fingerprint density at radius 1 is 1.10 bits per heavy atom. The average molecular weight is 448 g/mol. The maximum Gasteiger partial charge on any atom is 0.255 e. The van der Waals surface area contributed by atoms with Gasteiger partial charge in [-0.3, -0.25) is 9.78 Å². The molecule has 3 aromatic heterocycles. The van der Waals surface area contributed by atoms with E-state index in [-0.39, 0.29) is 11.9 Å². The highest BCUT2D eigenvalue weighted by Crippen LogP contribution is 2.25. The van der Waals surface area contributed by atoms with E-state index in [1.807, 2.05) is 36.6 Å². The second kappa shape index (κ2) is 8.35. The summed E-state index contributed by atoms with van der Waals surface area (Å²) in [6.07, 6.45) is 1.19. The molecule has 0 aromatic carbocycles. The molecular formula is C20H21N3O3S3. The first-order valence-electron chi connectivity index (χ1n) is 9.31. The fourth-order valence-electron chi connectivity index (χ4n) is 3.41. The van der Waals surface area contributed by atoms with Gasteiger partial charge in [0.2, 0.25) is 10.0 Å². The molecule has 1 saturated heterocycles. The molecule has 6 nitrogen and oxygen atoms in total. The summed E-state index contributed by atoms with van der Waals surface area (Å²) in [7, 11) is -3.48. The summed E-state index contributed by atoms with van der Waals surface area (Å²) >= 11 is 2.82. The lowest BCUT2D eigenvalue weighted by Gasteiger charge is -2.32. The zero-order valence-corrected chi connectivity index (χ0v) is 18.3. The van der Waals surface area contributed by atoms with Gasteiger partial charge in [0.1, 0.15) is 4.21 Å². The SMILES string of the molecule is Cc1nc(-c2cccs2)ccc1C(=O)N1CCC(NS(=O)(=O)c2cccs2)CC1. The molecule has 1 N–H and O–H groups in total. The first-order chi connectivity index (χ1) is 13.9. The number of sulfonamides is 1. The Bertz CT molecular complexity index is 1090. The van der Waals surface area contributed by atoms with Crippen molar-refractivity contribution < 1.29 is 13.2 Å². The Hall–Kier alpha value is -2.07. The summed E-state index contributed by atoms with van der Waals surface area (Å²) in [6.45, 7) is 2.89. The Morgan fingerprint density at radius 3 is 2.45 bits per heavy atom. The lowest BCUT2D eigenvalue weighted by atomic mass is 10.0. The van der Waals surface area contributed by atoms with E-state index < -0.39 is 10.0 Å². The summed E-state index contributed by atoms with van der Waals surface area (Å²) in [6, 6.07) is 10.9. The van der Waals surface area contributed by atoms with Crippen molar-refractivity contribution in [1.29, 1.82) is 0 Å². The monoisotopic (exact) mass is 447 g/mol. The van der Waals surface area contributed by atoms with Crippen LogP contribution in [-0.4, -0.2) is 43.3 Å². The predicted molar refractivity (Wildman–Crippen MR) is 116 cm³/mol. The largest absolute Gasteiger partial charge is 0.338 e. The third kappa shape index (κ3) is 4.42. The fraction of sp³-hybridized carbons (Fsp3) is 0.300. The molecule has 0 atom stereocenters. The van der Waals surface area contributed by atoms with Gasteiger partial charge in [-0.1, -0.05) is 12.1 Å². The van der Waals surface area contributed by atoms with Gasteiger partial charge in [0, 0.05) is 19.1 Å². The summed E-state index contributed by atoms with van der Waals surface area (Å²) in [5, 5.41) is 3.75. The number of amides is 1. The molecule has 1 aliphatic heterocycles. The van der Waals surface area contributed by atoms with Gasteiger partial charge in [-0.25, -0.2) is 13.1 Å². The second-order valence-corrected chi connectivity index (χ2v) is 10.8. The minimum atomic E-state index is -3.48. The molecule has 0 aliphatic carbocycles. The fourth-order valence-corrected chi connectivity index (χ4v) is 6.42. The van der Waals surface area contributed by atoms with E-state index >= 15 is 0 Å². The summed E-state index contributed by atoms with van der Waals surface area (Å²) < 4.78 is 27.9. The Balaban J connectivity index is 1.39. The van der Waals surface area contributed by atoms with Crippen molar-refractivity contribution in [1.82, 2.24) is 14.6 Å². The van der Waals surface area contributed by atoms with Crippen molar-refractivity contribution in [3.63, 3.8) is 0 Å². The number of nitrogens with zero attached hydrogens (tertiary/aromatic N) is 2. The van der Waals surface area contributed by atoms with Crippen LogP contribution in [0.3, 0.4) is 0 Å². The molecule has 4 rings (SSSR count). The lowest BCUT2D eigenvalue weighted by Crippen LogP contribution is -2.46. The van der Waals surface area contributed by atoms with Gasteiger partial charge in [-0.05, 0) is 54.8 Å². The van der Waals surface area contributed by atoms with Gasteiger partial charge in [0.15, 0.2) is 0 Å². The molecule has 1 aliphatic rings. The van der Waals surface area contributed by atoms with Crippen LogP contribution in [0.2, 0.25) is 0 Å². The number of rotatable bonds is 5. The van der Waals surface area contributed by atoms with E-state index in [0.717, 1.165) is 10.6 Å². The van der Waals surface area contributed by atoms with Crippen molar-refractivity contribution in [2.75, 3.05) is 13.1 Å². The number of likely N-dealkylation sites (tertiary alicyclic amines) is 1. The number of aryl methyl sites for hydroxylation is 1. The van der Waals surface area contributed by atoms with Crippen molar-refractivity contribution in [2.45, 2.75) is 30.0 Å². The highest BCUT2D eigenvalue weighted by molar-refractivity contribution is 7.91. The van der Waals surface area contributed by atoms with E-state index in [0.29, 0.717) is 41.4 Å². The average Bonchev–Trinajstić information content (AvgIpc) is 3.42. The third-order valence-electron chi connectivity index (χ3n) is 4.95. The first-order valence-corrected chi connectivity index (χ1v) is 12.5. The van der Waals surface area contributed by atoms with Crippen LogP contribution in [0.1, 0.15) is 28.9 Å². The van der Waals surface area contributed by atoms with Gasteiger partial charge in [-0.2, -0.15) is 0 Å². The van der Waals surface area contributed by atoms with Crippen LogP contribution in [0, 0.1) is 6.92 Å². The molecule has 0 bridgehead atoms. The van der Waals surface area contributed by atoms with Gasteiger partial charge >= 0.3 is 0 Å². The highest BCUT2D eigenvalue weighted by atomic mass is 32.2. The molecule has 0 saturated carbocycles. The third-order valence-corrected chi connectivity index (χ3v) is 8.76. The van der Waals surface area contributed by atoms with Crippen LogP contribution in [-0.2, 0) is 10.0 Å². The summed E-state index contributed by atoms with van der Waals surface area (Å²) in [4.78, 5) is 20.4. The quantitative estimate of drug-likeness (QED) is 0.646. The maximum absolute atomic E-state index is 12.9. The number of aromatic nitrogens is 1. The minimum absolute atomic E-state index is 0.0488. The van der Waals surface area contributed by atoms with Crippen molar-refractivity contribution in [3.8, 4) is 10.6 Å². The maximum atomic E-state index is 12.9. The Morgan fingerprint density at radius 2 is 1.83 bits per heavy atom. The number of nitrogens with one attached hydrogen (secondary N) is 1. The summed E-state index contributed by atoms with van der Waals surface area (Å²) in [5.41, 5.74) is 2.18. The molecular weight excluding hydrogens is 426 g/mol. The highest BCUT2D eigenvalue weighted by Gasteiger charge is 2.28. The number of hydrogen-bond donors (Lipinski definition) is 1. The number of carbonyl (C=O) groups excluding carboxylic acids is 1. The van der Waals surface area contributed by atoms with Crippen molar-refractivity contribution in [2.24, 2.45) is 0 Å². The van der Waals surface area contributed by atoms with Gasteiger partial charge in [0.05, 0.1) is 21.8 Å². The Labute approximate surface area is 178 Å². The molecule has 1 amide bonds. The molecule has 0 spiro atoms. The molecule has 3 aromatic rings. The van der Waals surface area contributed by atoms with E-state index in [4.69, 9.17) is 0 Å². The van der Waals surface area contributed by atoms with Gasteiger partial charge in [0.25, 0.3) is 5.91 Å². The predicted octanol–water partition coefficient (Wildman–Crippen LogP) is 3.76. The second-order valence-electron chi connectivity index (χ2n) is 6.93. The van der Waals surface area contributed by atoms with Gasteiger partial charge in [-0.15, -0.1) is 22.7 Å². The zero-order valence-electron chi connectivity index (χ0n) is 15.9. The Kier molecular flexibility index (Phi) is 5.82. The van der Waals surface area contributed by atoms with Crippen LogP contribution < -0.4 is 4.72 Å². The van der Waals surface area contributed by atoms with Crippen molar-refractivity contribution in [3.05, 3.63) is 58.4 Å². The standard InChI is InChI=1S/C20H21N3O3S3/c1-14-16(6-7-17(21-14)18-4-2-12-27-18)20(24)23-10-8-15(9-11-23)22-29(25,26)19-5-3-13-28-19/h2-7,12-13,15,22H,8-11H2,1H3. The first kappa shape index (κ1) is 20.2. The molecule has 29 heavy (non-hydrogen) atoms. The molecule has 152 valence electrons. The van der Waals surface area contributed by atoms with Gasteiger partial charge < -0.3 is 4.90 Å². The molecule has 0 unspecified atom stereocenters. The van der Waals surface area contributed by atoms with Crippen molar-refractivity contribution >= 4 is 38.6 Å². The smallest absolute Gasteiger partial charge is 0.255 e. The number of carbonyl (C=O) groups is 1. The van der Waals surface area contributed by atoms with Crippen LogP contribution >= 0.6 is 22.7 Å². The van der Waals surface area contributed by atoms with E-state index in [2.05, 4.69) is 9.71 Å². The van der Waals surface area contributed by atoms with E-state index in [9.17, 15) is 13.2 Å². The van der Waals surface area contributed by atoms with Crippen LogP contribution in [0.15, 0.2) is 51.4 Å². The lowest BCUT2D eigenvalue weighted by molar-refractivity contribution is 0.0710. The van der Waals surface area contributed by atoms with E-state index in [1.165, 1.54) is 11.3 Å². The number of thiophene rings is 2. The minimum Gasteiger partial charge on any atom is -0.338 e. The number of piperidine rings is 1.